The third-order valence-electron chi connectivity index (χ3n) is 5.79. The molecule has 34 heavy (non-hydrogen) atoms. The number of hydrogen-bond acceptors (Lipinski definition) is 4. The first kappa shape index (κ1) is 21.9. The van der Waals surface area contributed by atoms with E-state index in [1.807, 2.05) is 31.2 Å². The normalized spacial score (nSPS) is 13.9. The number of rotatable bonds is 5. The third kappa shape index (κ3) is 4.07. The molecule has 7 nitrogen and oxygen atoms in total. The van der Waals surface area contributed by atoms with Crippen LogP contribution in [0.5, 0.6) is 0 Å². The van der Waals surface area contributed by atoms with E-state index in [0.29, 0.717) is 16.6 Å². The predicted molar refractivity (Wildman–Crippen MR) is 120 cm³/mol. The molecule has 1 aliphatic carbocycles. The summed E-state index contributed by atoms with van der Waals surface area (Å²) < 4.78 is 41.6. The van der Waals surface area contributed by atoms with E-state index in [0.717, 1.165) is 40.9 Å². The maximum atomic E-state index is 13.4. The van der Waals surface area contributed by atoms with Crippen LogP contribution >= 0.6 is 0 Å². The van der Waals surface area contributed by atoms with E-state index >= 15 is 0 Å². The summed E-state index contributed by atoms with van der Waals surface area (Å²) in [7, 11) is 0. The first-order valence-corrected chi connectivity index (χ1v) is 10.7. The van der Waals surface area contributed by atoms with E-state index in [1.165, 1.54) is 12.1 Å². The van der Waals surface area contributed by atoms with Gasteiger partial charge in [-0.25, -0.2) is 9.36 Å². The van der Waals surface area contributed by atoms with Crippen molar-refractivity contribution in [2.75, 3.05) is 5.32 Å². The Balaban J connectivity index is 1.52. The van der Waals surface area contributed by atoms with Crippen LogP contribution in [0, 0.1) is 6.92 Å². The number of fused-ring (bicyclic) bond motifs is 1. The maximum Gasteiger partial charge on any atom is 0.416 e. The monoisotopic (exact) mass is 467 g/mol. The minimum Gasteiger partial charge on any atom is -0.324 e. The van der Waals surface area contributed by atoms with E-state index in [1.54, 1.807) is 10.9 Å². The van der Waals surface area contributed by atoms with Gasteiger partial charge in [-0.1, -0.05) is 24.3 Å². The van der Waals surface area contributed by atoms with Gasteiger partial charge in [0.1, 0.15) is 12.1 Å². The van der Waals surface area contributed by atoms with Crippen molar-refractivity contribution in [1.29, 1.82) is 0 Å². The molecule has 0 unspecified atom stereocenters. The maximum absolute atomic E-state index is 13.4. The Kier molecular flexibility index (Phi) is 5.22. The van der Waals surface area contributed by atoms with Crippen LogP contribution in [0.4, 0.5) is 18.9 Å². The number of aryl methyl sites for hydroxylation is 1. The molecule has 1 saturated carbocycles. The summed E-state index contributed by atoms with van der Waals surface area (Å²) in [6, 6.07) is 11.8. The van der Waals surface area contributed by atoms with Crippen molar-refractivity contribution in [1.82, 2.24) is 19.6 Å². The topological polar surface area (TPSA) is 81.8 Å². The number of carbonyl (C=O) groups is 1. The lowest BCUT2D eigenvalue weighted by Crippen LogP contribution is -2.31. The summed E-state index contributed by atoms with van der Waals surface area (Å²) in [6.45, 7) is 1.47. The van der Waals surface area contributed by atoms with Gasteiger partial charge in [0.25, 0.3) is 5.56 Å². The number of aromatic nitrogens is 4. The fourth-order valence-electron chi connectivity index (χ4n) is 3.95. The van der Waals surface area contributed by atoms with Gasteiger partial charge in [0.2, 0.25) is 5.91 Å². The SMILES string of the molecule is Cc1ccccc1-n1ncc2c(C3CC3)nn(CC(=O)Nc3cccc(C(F)(F)F)c3)c(=O)c21. The molecule has 0 radical (unpaired) electrons. The van der Waals surface area contributed by atoms with Crippen molar-refractivity contribution in [3.63, 3.8) is 0 Å². The Labute approximate surface area is 191 Å². The summed E-state index contributed by atoms with van der Waals surface area (Å²) in [5.41, 5.74) is 1.29. The molecule has 2 aromatic heterocycles. The molecule has 1 amide bonds. The fraction of sp³-hybridized carbons (Fsp3) is 0.250. The fourth-order valence-corrected chi connectivity index (χ4v) is 3.95. The van der Waals surface area contributed by atoms with Gasteiger partial charge in [-0.05, 0) is 49.6 Å². The average molecular weight is 467 g/mol. The minimum absolute atomic E-state index is 0.0127. The molecule has 0 bridgehead atoms. The molecule has 1 N–H and O–H groups in total. The number of anilines is 1. The molecule has 0 atom stereocenters. The molecule has 0 spiro atoms. The quantitative estimate of drug-likeness (QED) is 0.471. The highest BCUT2D eigenvalue weighted by Crippen LogP contribution is 2.41. The van der Waals surface area contributed by atoms with Gasteiger partial charge in [0, 0.05) is 17.0 Å². The minimum atomic E-state index is -4.53. The second kappa shape index (κ2) is 8.12. The lowest BCUT2D eigenvalue weighted by atomic mass is 10.1. The lowest BCUT2D eigenvalue weighted by molar-refractivity contribution is -0.137. The van der Waals surface area contributed by atoms with Crippen molar-refractivity contribution in [2.24, 2.45) is 0 Å². The summed E-state index contributed by atoms with van der Waals surface area (Å²) in [5, 5.41) is 11.9. The van der Waals surface area contributed by atoms with Crippen LogP contribution in [0.1, 0.15) is 35.6 Å². The van der Waals surface area contributed by atoms with E-state index in [9.17, 15) is 22.8 Å². The Hall–Kier alpha value is -3.95. The first-order chi connectivity index (χ1) is 16.2. The van der Waals surface area contributed by atoms with E-state index in [2.05, 4.69) is 15.5 Å². The number of carbonyl (C=O) groups excluding carboxylic acids is 1. The van der Waals surface area contributed by atoms with Crippen LogP contribution in [0.3, 0.4) is 0 Å². The molecule has 2 aromatic carbocycles. The van der Waals surface area contributed by atoms with Crippen LogP contribution in [0.15, 0.2) is 59.5 Å². The van der Waals surface area contributed by atoms with Gasteiger partial charge in [0.05, 0.1) is 23.1 Å². The molecule has 174 valence electrons. The number of nitrogens with one attached hydrogen (secondary N) is 1. The second-order valence-electron chi connectivity index (χ2n) is 8.35. The number of hydrogen-bond donors (Lipinski definition) is 1. The molecule has 10 heteroatoms. The zero-order valence-electron chi connectivity index (χ0n) is 18.1. The number of alkyl halides is 3. The largest absolute Gasteiger partial charge is 0.416 e. The highest BCUT2D eigenvalue weighted by molar-refractivity contribution is 5.91. The van der Waals surface area contributed by atoms with Crippen molar-refractivity contribution in [3.8, 4) is 5.69 Å². The second-order valence-corrected chi connectivity index (χ2v) is 8.35. The summed E-state index contributed by atoms with van der Waals surface area (Å²) in [5.74, 6) is -0.479. The van der Waals surface area contributed by atoms with Gasteiger partial charge in [-0.2, -0.15) is 23.4 Å². The smallest absolute Gasteiger partial charge is 0.324 e. The Morgan fingerprint density at radius 3 is 2.62 bits per heavy atom. The third-order valence-corrected chi connectivity index (χ3v) is 5.79. The number of benzene rings is 2. The summed E-state index contributed by atoms with van der Waals surface area (Å²) >= 11 is 0. The molecule has 0 saturated heterocycles. The Morgan fingerprint density at radius 1 is 1.15 bits per heavy atom. The van der Waals surface area contributed by atoms with Gasteiger partial charge in [0.15, 0.2) is 0 Å². The molecular weight excluding hydrogens is 447 g/mol. The Bertz CT molecular complexity index is 1470. The van der Waals surface area contributed by atoms with Crippen LogP contribution < -0.4 is 10.9 Å². The molecule has 2 heterocycles. The van der Waals surface area contributed by atoms with Crippen molar-refractivity contribution in [2.45, 2.75) is 38.4 Å². The number of para-hydroxylation sites is 1. The van der Waals surface area contributed by atoms with Crippen molar-refractivity contribution >= 4 is 22.5 Å². The molecule has 1 fully saturated rings. The number of amides is 1. The van der Waals surface area contributed by atoms with E-state index < -0.39 is 29.8 Å². The summed E-state index contributed by atoms with van der Waals surface area (Å²) in [6.07, 6.45) is -1.06. The van der Waals surface area contributed by atoms with Gasteiger partial charge >= 0.3 is 6.18 Å². The zero-order valence-corrected chi connectivity index (χ0v) is 18.1. The highest BCUT2D eigenvalue weighted by Gasteiger charge is 2.31. The standard InChI is InChI=1S/C24H20F3N5O2/c1-14-5-2-3-8-19(14)32-22-18(12-28-32)21(15-9-10-15)30-31(23(22)34)13-20(33)29-17-7-4-6-16(11-17)24(25,26)27/h2-8,11-12,15H,9-10,13H2,1H3,(H,29,33). The Morgan fingerprint density at radius 2 is 1.91 bits per heavy atom. The molecular formula is C24H20F3N5O2. The molecule has 4 aromatic rings. The van der Waals surface area contributed by atoms with Gasteiger partial charge < -0.3 is 5.32 Å². The molecule has 0 aliphatic heterocycles. The van der Waals surface area contributed by atoms with Crippen molar-refractivity contribution in [3.05, 3.63) is 81.9 Å². The summed E-state index contributed by atoms with van der Waals surface area (Å²) in [4.78, 5) is 26.0. The first-order valence-electron chi connectivity index (χ1n) is 10.7. The number of halogens is 3. The number of nitrogens with zero attached hydrogens (tertiary/aromatic N) is 4. The van der Waals surface area contributed by atoms with Crippen LogP contribution in [0.2, 0.25) is 0 Å². The lowest BCUT2D eigenvalue weighted by Gasteiger charge is -2.12. The predicted octanol–water partition coefficient (Wildman–Crippen LogP) is 4.43. The van der Waals surface area contributed by atoms with Gasteiger partial charge in [-0.15, -0.1) is 0 Å². The zero-order chi connectivity index (χ0) is 24.0. The molecule has 1 aliphatic rings. The van der Waals surface area contributed by atoms with Crippen LogP contribution in [-0.2, 0) is 17.5 Å². The van der Waals surface area contributed by atoms with Crippen LogP contribution in [-0.4, -0.2) is 25.5 Å². The highest BCUT2D eigenvalue weighted by atomic mass is 19.4. The molecule has 5 rings (SSSR count). The van der Waals surface area contributed by atoms with Gasteiger partial charge in [-0.3, -0.25) is 9.59 Å². The van der Waals surface area contributed by atoms with E-state index in [-0.39, 0.29) is 11.6 Å². The van der Waals surface area contributed by atoms with Crippen LogP contribution in [0.25, 0.3) is 16.6 Å². The average Bonchev–Trinajstić information content (AvgIpc) is 3.54. The van der Waals surface area contributed by atoms with E-state index in [4.69, 9.17) is 0 Å². The van der Waals surface area contributed by atoms with Crippen molar-refractivity contribution < 1.29 is 18.0 Å².